The highest BCUT2D eigenvalue weighted by molar-refractivity contribution is 5.76. The topological polar surface area (TPSA) is 95.9 Å². The summed E-state index contributed by atoms with van der Waals surface area (Å²) in [5, 5.41) is 23.1. The molecule has 0 saturated carbocycles. The zero-order valence-corrected chi connectivity index (χ0v) is 47.5. The van der Waals surface area contributed by atoms with Crippen molar-refractivity contribution in [2.24, 2.45) is 0 Å². The van der Waals surface area contributed by atoms with Gasteiger partial charge in [0.1, 0.15) is 0 Å². The van der Waals surface area contributed by atoms with Gasteiger partial charge in [-0.05, 0) is 89.9 Å². The van der Waals surface area contributed by atoms with Crippen molar-refractivity contribution < 1.29 is 24.5 Å². The SMILES string of the molecule is CCCCCC/C=C\C/C=C\CCCCCCCC(=O)OCCCCCCCCCCCCCC/C=C\CCCCCCCCCCCC(=O)NC(CO)C(O)/C=C/CCCCCCCCCCCCC. The van der Waals surface area contributed by atoms with Gasteiger partial charge in [-0.2, -0.15) is 0 Å². The van der Waals surface area contributed by atoms with E-state index < -0.39 is 12.1 Å². The van der Waals surface area contributed by atoms with Gasteiger partial charge in [0, 0.05) is 12.8 Å². The number of carbonyl (C=O) groups excluding carboxylic acids is 2. The first-order chi connectivity index (χ1) is 35.0. The van der Waals surface area contributed by atoms with Crippen LogP contribution in [0.25, 0.3) is 0 Å². The second-order valence-electron chi connectivity index (χ2n) is 21.4. The van der Waals surface area contributed by atoms with Crippen LogP contribution in [0, 0.1) is 0 Å². The number of unbranched alkanes of at least 4 members (excludes halogenated alkanes) is 41. The molecule has 0 aliphatic carbocycles. The van der Waals surface area contributed by atoms with Gasteiger partial charge in [0.05, 0.1) is 25.4 Å². The Morgan fingerprint density at radius 2 is 0.704 bits per heavy atom. The molecular weight excluding hydrogens is 875 g/mol. The van der Waals surface area contributed by atoms with E-state index in [0.717, 1.165) is 51.4 Å². The van der Waals surface area contributed by atoms with Crippen molar-refractivity contribution >= 4 is 11.9 Å². The first kappa shape index (κ1) is 68.8. The molecule has 1 amide bonds. The molecule has 0 spiro atoms. The van der Waals surface area contributed by atoms with Crippen molar-refractivity contribution in [2.45, 2.75) is 341 Å². The van der Waals surface area contributed by atoms with Crippen LogP contribution in [0.2, 0.25) is 0 Å². The predicted octanol–water partition coefficient (Wildman–Crippen LogP) is 19.7. The lowest BCUT2D eigenvalue weighted by Gasteiger charge is -2.20. The third-order valence-electron chi connectivity index (χ3n) is 14.3. The molecule has 3 N–H and O–H groups in total. The number of allylic oxidation sites excluding steroid dienone is 7. The largest absolute Gasteiger partial charge is 0.466 e. The minimum absolute atomic E-state index is 0.000794. The Morgan fingerprint density at radius 3 is 1.10 bits per heavy atom. The summed E-state index contributed by atoms with van der Waals surface area (Å²) >= 11 is 0. The molecule has 0 aliphatic heterocycles. The van der Waals surface area contributed by atoms with Crippen LogP contribution in [0.5, 0.6) is 0 Å². The van der Waals surface area contributed by atoms with Gasteiger partial charge in [0.15, 0.2) is 0 Å². The summed E-state index contributed by atoms with van der Waals surface area (Å²) < 4.78 is 5.48. The van der Waals surface area contributed by atoms with Crippen LogP contribution in [-0.4, -0.2) is 47.4 Å². The highest BCUT2D eigenvalue weighted by atomic mass is 16.5. The van der Waals surface area contributed by atoms with E-state index in [2.05, 4.69) is 55.6 Å². The summed E-state index contributed by atoms with van der Waals surface area (Å²) in [4.78, 5) is 24.5. The van der Waals surface area contributed by atoms with Crippen LogP contribution in [0.15, 0.2) is 48.6 Å². The molecule has 0 fully saturated rings. The molecule has 71 heavy (non-hydrogen) atoms. The number of aliphatic hydroxyl groups is 2. The maximum absolute atomic E-state index is 12.4. The molecule has 0 saturated heterocycles. The fourth-order valence-corrected chi connectivity index (χ4v) is 9.48. The molecule has 2 atom stereocenters. The number of aliphatic hydroxyl groups excluding tert-OH is 2. The summed E-state index contributed by atoms with van der Waals surface area (Å²) in [6, 6.07) is -0.630. The van der Waals surface area contributed by atoms with Crippen molar-refractivity contribution in [3.05, 3.63) is 48.6 Å². The Balaban J connectivity index is 3.41. The van der Waals surface area contributed by atoms with Gasteiger partial charge in [0.25, 0.3) is 0 Å². The van der Waals surface area contributed by atoms with Crippen molar-refractivity contribution in [3.8, 4) is 0 Å². The molecule has 0 heterocycles. The molecule has 0 bridgehead atoms. The number of hydrogen-bond donors (Lipinski definition) is 3. The highest BCUT2D eigenvalue weighted by Gasteiger charge is 2.18. The van der Waals surface area contributed by atoms with Crippen molar-refractivity contribution in [3.63, 3.8) is 0 Å². The summed E-state index contributed by atoms with van der Waals surface area (Å²) in [5.41, 5.74) is 0. The first-order valence-electron chi connectivity index (χ1n) is 31.4. The highest BCUT2D eigenvalue weighted by Crippen LogP contribution is 2.16. The fraction of sp³-hybridized carbons (Fsp3) is 0.846. The van der Waals surface area contributed by atoms with E-state index in [1.807, 2.05) is 6.08 Å². The zero-order chi connectivity index (χ0) is 51.4. The van der Waals surface area contributed by atoms with E-state index in [1.54, 1.807) is 6.08 Å². The second kappa shape index (κ2) is 60.4. The summed E-state index contributed by atoms with van der Waals surface area (Å²) in [6.45, 7) is 4.88. The maximum Gasteiger partial charge on any atom is 0.305 e. The van der Waals surface area contributed by atoms with Gasteiger partial charge in [-0.1, -0.05) is 274 Å². The average molecular weight is 997 g/mol. The van der Waals surface area contributed by atoms with E-state index in [-0.39, 0.29) is 18.5 Å². The summed E-state index contributed by atoms with van der Waals surface area (Å²) in [5.74, 6) is -0.0721. The predicted molar refractivity (Wildman–Crippen MR) is 310 cm³/mol. The lowest BCUT2D eigenvalue weighted by molar-refractivity contribution is -0.143. The lowest BCUT2D eigenvalue weighted by atomic mass is 10.0. The third kappa shape index (κ3) is 57.0. The summed E-state index contributed by atoms with van der Waals surface area (Å²) in [6.07, 6.45) is 77.3. The number of amides is 1. The fourth-order valence-electron chi connectivity index (χ4n) is 9.48. The van der Waals surface area contributed by atoms with E-state index in [1.165, 1.54) is 250 Å². The Kier molecular flexibility index (Phi) is 58.5. The summed E-state index contributed by atoms with van der Waals surface area (Å²) in [7, 11) is 0. The molecule has 0 aliphatic rings. The number of hydrogen-bond acceptors (Lipinski definition) is 5. The normalized spacial score (nSPS) is 12.9. The zero-order valence-electron chi connectivity index (χ0n) is 47.5. The molecule has 0 radical (unpaired) electrons. The first-order valence-corrected chi connectivity index (χ1v) is 31.4. The molecule has 416 valence electrons. The van der Waals surface area contributed by atoms with Crippen LogP contribution in [0.3, 0.4) is 0 Å². The molecule has 6 heteroatoms. The molecule has 0 aromatic rings. The minimum atomic E-state index is -0.846. The maximum atomic E-state index is 12.4. The second-order valence-corrected chi connectivity index (χ2v) is 21.4. The smallest absolute Gasteiger partial charge is 0.305 e. The molecule has 6 nitrogen and oxygen atoms in total. The van der Waals surface area contributed by atoms with Crippen molar-refractivity contribution in [1.82, 2.24) is 5.32 Å². The number of esters is 1. The van der Waals surface area contributed by atoms with Gasteiger partial charge in [-0.25, -0.2) is 0 Å². The van der Waals surface area contributed by atoms with E-state index in [4.69, 9.17) is 4.74 Å². The Morgan fingerprint density at radius 1 is 0.394 bits per heavy atom. The van der Waals surface area contributed by atoms with Crippen LogP contribution in [0.4, 0.5) is 0 Å². The number of ether oxygens (including phenoxy) is 1. The third-order valence-corrected chi connectivity index (χ3v) is 14.3. The van der Waals surface area contributed by atoms with E-state index >= 15 is 0 Å². The van der Waals surface area contributed by atoms with Crippen LogP contribution in [0.1, 0.15) is 328 Å². The molecular formula is C65H121NO5. The van der Waals surface area contributed by atoms with Crippen LogP contribution in [-0.2, 0) is 14.3 Å². The van der Waals surface area contributed by atoms with Gasteiger partial charge >= 0.3 is 5.97 Å². The number of carbonyl (C=O) groups is 2. The Bertz CT molecular complexity index is 1190. The van der Waals surface area contributed by atoms with Crippen LogP contribution >= 0.6 is 0 Å². The monoisotopic (exact) mass is 996 g/mol. The van der Waals surface area contributed by atoms with Crippen LogP contribution < -0.4 is 5.32 Å². The van der Waals surface area contributed by atoms with Crippen molar-refractivity contribution in [1.29, 1.82) is 0 Å². The van der Waals surface area contributed by atoms with E-state index in [0.29, 0.717) is 19.4 Å². The van der Waals surface area contributed by atoms with Gasteiger partial charge in [0.2, 0.25) is 5.91 Å². The molecule has 2 unspecified atom stereocenters. The minimum Gasteiger partial charge on any atom is -0.466 e. The Labute approximate surface area is 442 Å². The van der Waals surface area contributed by atoms with Gasteiger partial charge in [-0.3, -0.25) is 9.59 Å². The van der Waals surface area contributed by atoms with Gasteiger partial charge in [-0.15, -0.1) is 0 Å². The molecule has 0 aromatic heterocycles. The van der Waals surface area contributed by atoms with Crippen molar-refractivity contribution in [2.75, 3.05) is 13.2 Å². The molecule has 0 aromatic carbocycles. The standard InChI is InChI=1S/C65H121NO5/c1-3-5-7-9-11-13-15-17-18-31-35-39-43-47-51-55-59-65(70)71-60-56-52-48-44-40-36-32-29-27-25-23-21-19-20-22-24-26-28-30-34-38-42-46-50-54-58-64(69)66-62(61-67)63(68)57-53-49-45-41-37-33-16-14-12-10-8-6-4-2/h13,15,18,20,22,31,53,57,62-63,67-68H,3-12,14,16-17,19,21,23-30,32-52,54-56,58-61H2,1-2H3,(H,66,69)/b15-13-,22-20-,31-18-,57-53+. The number of nitrogens with one attached hydrogen (secondary N) is 1. The average Bonchev–Trinajstić information content (AvgIpc) is 3.37. The van der Waals surface area contributed by atoms with Gasteiger partial charge < -0.3 is 20.3 Å². The number of rotatable bonds is 58. The quantitative estimate of drug-likeness (QED) is 0.0321. The Hall–Kier alpha value is -2.18. The van der Waals surface area contributed by atoms with E-state index in [9.17, 15) is 19.8 Å². The lowest BCUT2D eigenvalue weighted by Crippen LogP contribution is -2.45. The molecule has 0 rings (SSSR count).